The summed E-state index contributed by atoms with van der Waals surface area (Å²) in [6, 6.07) is 2.41. The molecule has 7 nitrogen and oxygen atoms in total. The maximum absolute atomic E-state index is 11.7. The van der Waals surface area contributed by atoms with Gasteiger partial charge >= 0.3 is 5.88 Å². The van der Waals surface area contributed by atoms with Gasteiger partial charge in [-0.2, -0.15) is 0 Å². The number of furan rings is 1. The van der Waals surface area contributed by atoms with Crippen molar-refractivity contribution in [2.45, 2.75) is 12.5 Å². The smallest absolute Gasteiger partial charge is 0.395 e. The second-order valence-corrected chi connectivity index (χ2v) is 3.59. The molecule has 1 fully saturated rings. The normalized spacial score (nSPS) is 20.1. The summed E-state index contributed by atoms with van der Waals surface area (Å²) in [6.45, 7) is 0.682. The average Bonchev–Trinajstić information content (AvgIpc) is 2.84. The summed E-state index contributed by atoms with van der Waals surface area (Å²) >= 11 is 0. The molecule has 0 aromatic carbocycles. The van der Waals surface area contributed by atoms with E-state index < -0.39 is 22.8 Å². The summed E-state index contributed by atoms with van der Waals surface area (Å²) in [6.07, 6.45) is 0.00282. The molecule has 7 heteroatoms. The number of rotatable bonds is 2. The number of likely N-dealkylation sites (tertiary alicyclic amines) is 1. The molecule has 1 saturated heterocycles. The maximum atomic E-state index is 11.7. The number of nitro groups is 1. The summed E-state index contributed by atoms with van der Waals surface area (Å²) in [5.74, 6) is -0.950. The lowest BCUT2D eigenvalue weighted by molar-refractivity contribution is -0.402. The van der Waals surface area contributed by atoms with Gasteiger partial charge in [-0.25, -0.2) is 0 Å². The molecule has 2 heterocycles. The van der Waals surface area contributed by atoms with E-state index in [1.807, 2.05) is 0 Å². The van der Waals surface area contributed by atoms with Crippen LogP contribution in [0.5, 0.6) is 0 Å². The van der Waals surface area contributed by atoms with Gasteiger partial charge in [0.25, 0.3) is 5.91 Å². The second kappa shape index (κ2) is 3.93. The minimum atomic E-state index is -0.699. The van der Waals surface area contributed by atoms with Crippen molar-refractivity contribution in [2.24, 2.45) is 0 Å². The fourth-order valence-electron chi connectivity index (χ4n) is 1.62. The second-order valence-electron chi connectivity index (χ2n) is 3.59. The van der Waals surface area contributed by atoms with E-state index in [0.717, 1.165) is 6.07 Å². The van der Waals surface area contributed by atoms with Crippen molar-refractivity contribution < 1.29 is 19.2 Å². The molecule has 0 saturated carbocycles. The largest absolute Gasteiger partial charge is 0.433 e. The minimum absolute atomic E-state index is 0.0687. The van der Waals surface area contributed by atoms with E-state index >= 15 is 0 Å². The Hall–Kier alpha value is -1.89. The van der Waals surface area contributed by atoms with E-state index in [2.05, 4.69) is 0 Å². The number of carbonyl (C=O) groups is 1. The highest BCUT2D eigenvalue weighted by Crippen LogP contribution is 2.19. The molecule has 1 aliphatic heterocycles. The maximum Gasteiger partial charge on any atom is 0.433 e. The van der Waals surface area contributed by atoms with Crippen LogP contribution >= 0.6 is 0 Å². The molecule has 0 spiro atoms. The van der Waals surface area contributed by atoms with Crippen molar-refractivity contribution in [3.63, 3.8) is 0 Å². The third-order valence-corrected chi connectivity index (χ3v) is 2.43. The zero-order chi connectivity index (χ0) is 11.7. The fourth-order valence-corrected chi connectivity index (χ4v) is 1.62. The molecule has 2 rings (SSSR count). The Labute approximate surface area is 90.4 Å². The molecule has 1 aromatic heterocycles. The van der Waals surface area contributed by atoms with Gasteiger partial charge in [0.1, 0.15) is 4.92 Å². The Morgan fingerprint density at radius 2 is 2.38 bits per heavy atom. The highest BCUT2D eigenvalue weighted by molar-refractivity contribution is 5.92. The molecule has 1 atom stereocenters. The van der Waals surface area contributed by atoms with E-state index in [1.165, 1.54) is 11.0 Å². The van der Waals surface area contributed by atoms with Crippen LogP contribution in [0.4, 0.5) is 5.88 Å². The van der Waals surface area contributed by atoms with Gasteiger partial charge < -0.3 is 14.4 Å². The van der Waals surface area contributed by atoms with Gasteiger partial charge in [0.05, 0.1) is 12.2 Å². The molecule has 86 valence electrons. The van der Waals surface area contributed by atoms with Crippen molar-refractivity contribution in [3.05, 3.63) is 28.0 Å². The highest BCUT2D eigenvalue weighted by Gasteiger charge is 2.28. The van der Waals surface area contributed by atoms with E-state index in [4.69, 9.17) is 4.42 Å². The monoisotopic (exact) mass is 226 g/mol. The topological polar surface area (TPSA) is 96.8 Å². The Kier molecular flexibility index (Phi) is 2.61. The molecule has 0 bridgehead atoms. The van der Waals surface area contributed by atoms with Crippen molar-refractivity contribution in [3.8, 4) is 0 Å². The van der Waals surface area contributed by atoms with Crippen molar-refractivity contribution in [1.82, 2.24) is 4.90 Å². The lowest BCUT2D eigenvalue weighted by atomic mass is 10.3. The average molecular weight is 226 g/mol. The summed E-state index contributed by atoms with van der Waals surface area (Å²) in [7, 11) is 0. The molecule has 0 aliphatic carbocycles. The minimum Gasteiger partial charge on any atom is -0.395 e. The molecule has 0 unspecified atom stereocenters. The van der Waals surface area contributed by atoms with Gasteiger partial charge in [-0.3, -0.25) is 14.9 Å². The van der Waals surface area contributed by atoms with Gasteiger partial charge in [-0.05, 0) is 12.5 Å². The third kappa shape index (κ3) is 1.89. The Balaban J connectivity index is 2.11. The standard InChI is InChI=1S/C9H10N2O5/c12-6-3-4-10(5-6)9(13)7-1-2-8(16-7)11(14)15/h1-2,6,12H,3-5H2/t6-/m0/s1. The van der Waals surface area contributed by atoms with Crippen LogP contribution in [0.2, 0.25) is 0 Å². The van der Waals surface area contributed by atoms with E-state index in [1.54, 1.807) is 0 Å². The highest BCUT2D eigenvalue weighted by atomic mass is 16.6. The van der Waals surface area contributed by atoms with Crippen LogP contribution in [0.25, 0.3) is 0 Å². The molecule has 0 radical (unpaired) electrons. The number of hydrogen-bond acceptors (Lipinski definition) is 5. The van der Waals surface area contributed by atoms with E-state index in [-0.39, 0.29) is 12.3 Å². The first-order valence-electron chi connectivity index (χ1n) is 4.79. The molecule has 16 heavy (non-hydrogen) atoms. The van der Waals surface area contributed by atoms with Gasteiger partial charge in [0.2, 0.25) is 0 Å². The predicted molar refractivity (Wildman–Crippen MR) is 51.9 cm³/mol. The SMILES string of the molecule is O=C(c1ccc([N+](=O)[O-])o1)N1CC[C@H](O)C1. The van der Waals surface area contributed by atoms with Crippen molar-refractivity contribution in [1.29, 1.82) is 0 Å². The number of amides is 1. The number of nitrogens with zero attached hydrogens (tertiary/aromatic N) is 2. The fraction of sp³-hybridized carbons (Fsp3) is 0.444. The molecular formula is C9H10N2O5. The van der Waals surface area contributed by atoms with Gasteiger partial charge in [0, 0.05) is 13.1 Å². The Bertz CT molecular complexity index is 427. The van der Waals surface area contributed by atoms with Crippen molar-refractivity contribution >= 4 is 11.8 Å². The van der Waals surface area contributed by atoms with Gasteiger partial charge in [0.15, 0.2) is 5.76 Å². The first-order valence-corrected chi connectivity index (χ1v) is 4.79. The van der Waals surface area contributed by atoms with Gasteiger partial charge in [-0.15, -0.1) is 0 Å². The molecular weight excluding hydrogens is 216 g/mol. The zero-order valence-electron chi connectivity index (χ0n) is 8.33. The summed E-state index contributed by atoms with van der Waals surface area (Å²) < 4.78 is 4.78. The quantitative estimate of drug-likeness (QED) is 0.581. The number of β-amino-alcohol motifs (C(OH)–C–C–N with tert-alkyl or cyclic N) is 1. The third-order valence-electron chi connectivity index (χ3n) is 2.43. The van der Waals surface area contributed by atoms with Crippen LogP contribution in [0, 0.1) is 10.1 Å². The number of aliphatic hydroxyl groups excluding tert-OH is 1. The lowest BCUT2D eigenvalue weighted by Crippen LogP contribution is -2.29. The molecule has 1 aromatic rings. The van der Waals surface area contributed by atoms with Crippen LogP contribution in [-0.2, 0) is 0 Å². The number of carbonyl (C=O) groups excluding carboxylic acids is 1. The number of aliphatic hydroxyl groups is 1. The molecule has 1 amide bonds. The van der Waals surface area contributed by atoms with Crippen LogP contribution in [-0.4, -0.2) is 40.0 Å². The summed E-state index contributed by atoms with van der Waals surface area (Å²) in [5, 5.41) is 19.6. The molecule has 1 aliphatic rings. The van der Waals surface area contributed by atoms with Crippen LogP contribution in [0.1, 0.15) is 17.0 Å². The summed E-state index contributed by atoms with van der Waals surface area (Å²) in [5.41, 5.74) is 0. The van der Waals surface area contributed by atoms with Gasteiger partial charge in [-0.1, -0.05) is 0 Å². The Morgan fingerprint density at radius 3 is 2.88 bits per heavy atom. The zero-order valence-corrected chi connectivity index (χ0v) is 8.33. The number of hydrogen-bond donors (Lipinski definition) is 1. The lowest BCUT2D eigenvalue weighted by Gasteiger charge is -2.12. The van der Waals surface area contributed by atoms with Crippen LogP contribution in [0.15, 0.2) is 16.5 Å². The predicted octanol–water partition coefficient (Wildman–Crippen LogP) is 0.395. The first kappa shape index (κ1) is 10.6. The Morgan fingerprint density at radius 1 is 1.62 bits per heavy atom. The van der Waals surface area contributed by atoms with Crippen molar-refractivity contribution in [2.75, 3.05) is 13.1 Å². The first-order chi connectivity index (χ1) is 7.58. The molecule has 1 N–H and O–H groups in total. The van der Waals surface area contributed by atoms with E-state index in [0.29, 0.717) is 13.0 Å². The summed E-state index contributed by atoms with van der Waals surface area (Å²) in [4.78, 5) is 22.8. The van der Waals surface area contributed by atoms with Crippen LogP contribution < -0.4 is 0 Å². The van der Waals surface area contributed by atoms with Crippen LogP contribution in [0.3, 0.4) is 0 Å². The van der Waals surface area contributed by atoms with E-state index in [9.17, 15) is 20.0 Å².